The Balaban J connectivity index is 1.50. The Labute approximate surface area is 179 Å². The summed E-state index contributed by atoms with van der Waals surface area (Å²) in [5.41, 5.74) is 1.39. The van der Waals surface area contributed by atoms with Gasteiger partial charge in [-0.25, -0.2) is 4.79 Å². The molecular formula is C22H24N4O5. The SMILES string of the molecule is COc1cccc(-c2noc([C@@H]3CCCN3C(=O)Nc3ccc(OC)c(OC)c3)n2)c1. The maximum absolute atomic E-state index is 12.9. The number of ether oxygens (including phenoxy) is 3. The van der Waals surface area contributed by atoms with Crippen LogP contribution in [0.5, 0.6) is 17.2 Å². The van der Waals surface area contributed by atoms with Crippen LogP contribution in [0, 0.1) is 0 Å². The molecule has 0 saturated carbocycles. The average Bonchev–Trinajstić information content (AvgIpc) is 3.48. The van der Waals surface area contributed by atoms with Gasteiger partial charge in [0, 0.05) is 23.9 Å². The molecule has 2 heterocycles. The zero-order valence-corrected chi connectivity index (χ0v) is 17.6. The van der Waals surface area contributed by atoms with Gasteiger partial charge in [-0.3, -0.25) is 0 Å². The summed E-state index contributed by atoms with van der Waals surface area (Å²) >= 11 is 0. The number of likely N-dealkylation sites (tertiary alicyclic amines) is 1. The van der Waals surface area contributed by atoms with E-state index in [4.69, 9.17) is 18.7 Å². The molecule has 1 aliphatic heterocycles. The van der Waals surface area contributed by atoms with Gasteiger partial charge in [-0.2, -0.15) is 4.98 Å². The monoisotopic (exact) mass is 424 g/mol. The highest BCUT2D eigenvalue weighted by molar-refractivity contribution is 5.90. The van der Waals surface area contributed by atoms with Gasteiger partial charge in [0.05, 0.1) is 21.3 Å². The van der Waals surface area contributed by atoms with Gasteiger partial charge in [0.1, 0.15) is 11.8 Å². The van der Waals surface area contributed by atoms with E-state index in [1.165, 1.54) is 0 Å². The van der Waals surface area contributed by atoms with Gasteiger partial charge in [-0.15, -0.1) is 0 Å². The number of urea groups is 1. The van der Waals surface area contributed by atoms with Crippen LogP contribution in [-0.4, -0.2) is 48.9 Å². The van der Waals surface area contributed by atoms with E-state index in [-0.39, 0.29) is 12.1 Å². The maximum atomic E-state index is 12.9. The van der Waals surface area contributed by atoms with Crippen molar-refractivity contribution >= 4 is 11.7 Å². The molecule has 1 atom stereocenters. The van der Waals surface area contributed by atoms with Crippen molar-refractivity contribution in [2.45, 2.75) is 18.9 Å². The molecule has 1 saturated heterocycles. The second kappa shape index (κ2) is 8.95. The second-order valence-electron chi connectivity index (χ2n) is 7.04. The zero-order valence-electron chi connectivity index (χ0n) is 17.6. The fourth-order valence-electron chi connectivity index (χ4n) is 3.63. The topological polar surface area (TPSA) is 99.0 Å². The van der Waals surface area contributed by atoms with Crippen molar-refractivity contribution in [2.75, 3.05) is 33.2 Å². The van der Waals surface area contributed by atoms with Crippen LogP contribution in [0.2, 0.25) is 0 Å². The molecule has 31 heavy (non-hydrogen) atoms. The molecule has 2 amide bonds. The number of nitrogens with one attached hydrogen (secondary N) is 1. The van der Waals surface area contributed by atoms with E-state index in [2.05, 4.69) is 15.5 Å². The van der Waals surface area contributed by atoms with E-state index in [1.54, 1.807) is 44.4 Å². The van der Waals surface area contributed by atoms with Crippen molar-refractivity contribution in [2.24, 2.45) is 0 Å². The minimum Gasteiger partial charge on any atom is -0.497 e. The lowest BCUT2D eigenvalue weighted by molar-refractivity contribution is 0.193. The van der Waals surface area contributed by atoms with Gasteiger partial charge in [-0.1, -0.05) is 17.3 Å². The van der Waals surface area contributed by atoms with Crippen LogP contribution in [0.3, 0.4) is 0 Å². The van der Waals surface area contributed by atoms with Crippen molar-refractivity contribution < 1.29 is 23.5 Å². The van der Waals surface area contributed by atoms with Gasteiger partial charge in [-0.05, 0) is 37.1 Å². The largest absolute Gasteiger partial charge is 0.497 e. The number of benzene rings is 2. The molecule has 1 N–H and O–H groups in total. The number of methoxy groups -OCH3 is 3. The minimum atomic E-state index is -0.285. The van der Waals surface area contributed by atoms with E-state index in [1.807, 2.05) is 24.3 Å². The van der Waals surface area contributed by atoms with Crippen molar-refractivity contribution in [3.63, 3.8) is 0 Å². The fourth-order valence-corrected chi connectivity index (χ4v) is 3.63. The first-order valence-corrected chi connectivity index (χ1v) is 9.90. The minimum absolute atomic E-state index is 0.240. The molecule has 0 radical (unpaired) electrons. The maximum Gasteiger partial charge on any atom is 0.322 e. The van der Waals surface area contributed by atoms with Crippen LogP contribution in [0.25, 0.3) is 11.4 Å². The Morgan fingerprint density at radius 2 is 1.94 bits per heavy atom. The Morgan fingerprint density at radius 3 is 2.71 bits per heavy atom. The van der Waals surface area contributed by atoms with Crippen LogP contribution in [0.4, 0.5) is 10.5 Å². The third-order valence-corrected chi connectivity index (χ3v) is 5.20. The Morgan fingerprint density at radius 1 is 1.10 bits per heavy atom. The predicted octanol–water partition coefficient (Wildman–Crippen LogP) is 4.13. The Hall–Kier alpha value is -3.75. The molecule has 0 aliphatic carbocycles. The van der Waals surface area contributed by atoms with E-state index >= 15 is 0 Å². The third-order valence-electron chi connectivity index (χ3n) is 5.20. The van der Waals surface area contributed by atoms with Crippen LogP contribution in [-0.2, 0) is 0 Å². The normalized spacial score (nSPS) is 15.6. The molecule has 1 fully saturated rings. The molecule has 2 aromatic carbocycles. The van der Waals surface area contributed by atoms with Crippen molar-refractivity contribution in [3.05, 3.63) is 48.4 Å². The summed E-state index contributed by atoms with van der Waals surface area (Å²) in [4.78, 5) is 19.2. The summed E-state index contributed by atoms with van der Waals surface area (Å²) in [6, 6.07) is 12.1. The van der Waals surface area contributed by atoms with E-state index < -0.39 is 0 Å². The van der Waals surface area contributed by atoms with Crippen molar-refractivity contribution in [3.8, 4) is 28.6 Å². The highest BCUT2D eigenvalue weighted by Gasteiger charge is 2.34. The Kier molecular flexibility index (Phi) is 5.92. The summed E-state index contributed by atoms with van der Waals surface area (Å²) in [5.74, 6) is 2.72. The lowest BCUT2D eigenvalue weighted by atomic mass is 10.2. The number of hydrogen-bond acceptors (Lipinski definition) is 7. The number of nitrogens with zero attached hydrogens (tertiary/aromatic N) is 3. The number of amides is 2. The van der Waals surface area contributed by atoms with E-state index in [0.717, 1.165) is 18.4 Å². The molecule has 0 unspecified atom stereocenters. The molecule has 9 heteroatoms. The highest BCUT2D eigenvalue weighted by atomic mass is 16.5. The standard InChI is InChI=1S/C22H24N4O5/c1-28-16-7-4-6-14(12-16)20-24-21(31-25-20)17-8-5-11-26(17)22(27)23-15-9-10-18(29-2)19(13-15)30-3/h4,6-7,9-10,12-13,17H,5,8,11H2,1-3H3,(H,23,27)/t17-/m0/s1. The Bertz CT molecular complexity index is 1070. The molecule has 4 rings (SSSR count). The smallest absolute Gasteiger partial charge is 0.322 e. The lowest BCUT2D eigenvalue weighted by Crippen LogP contribution is -2.34. The average molecular weight is 424 g/mol. The molecular weight excluding hydrogens is 400 g/mol. The number of anilines is 1. The van der Waals surface area contributed by atoms with Gasteiger partial charge in [0.25, 0.3) is 0 Å². The third kappa shape index (κ3) is 4.25. The number of rotatable bonds is 6. The van der Waals surface area contributed by atoms with Crippen LogP contribution in [0.15, 0.2) is 47.0 Å². The molecule has 9 nitrogen and oxygen atoms in total. The summed E-state index contributed by atoms with van der Waals surface area (Å²) in [6.07, 6.45) is 1.60. The fraction of sp³-hybridized carbons (Fsp3) is 0.318. The van der Waals surface area contributed by atoms with E-state index in [0.29, 0.717) is 41.2 Å². The van der Waals surface area contributed by atoms with Crippen molar-refractivity contribution in [1.29, 1.82) is 0 Å². The van der Waals surface area contributed by atoms with Crippen LogP contribution < -0.4 is 19.5 Å². The van der Waals surface area contributed by atoms with Gasteiger partial charge < -0.3 is 29.0 Å². The summed E-state index contributed by atoms with van der Waals surface area (Å²) in [6.45, 7) is 0.598. The molecule has 0 spiro atoms. The van der Waals surface area contributed by atoms with Gasteiger partial charge >= 0.3 is 6.03 Å². The molecule has 3 aromatic rings. The summed E-state index contributed by atoms with van der Waals surface area (Å²) in [5, 5.41) is 7.00. The first kappa shape index (κ1) is 20.5. The van der Waals surface area contributed by atoms with Crippen LogP contribution >= 0.6 is 0 Å². The highest BCUT2D eigenvalue weighted by Crippen LogP contribution is 2.34. The first-order chi connectivity index (χ1) is 15.1. The second-order valence-corrected chi connectivity index (χ2v) is 7.04. The predicted molar refractivity (Wildman–Crippen MR) is 114 cm³/mol. The molecule has 162 valence electrons. The van der Waals surface area contributed by atoms with Crippen LogP contribution in [0.1, 0.15) is 24.8 Å². The molecule has 1 aromatic heterocycles. The summed E-state index contributed by atoms with van der Waals surface area (Å²) in [7, 11) is 4.72. The molecule has 0 bridgehead atoms. The number of hydrogen-bond donors (Lipinski definition) is 1. The first-order valence-electron chi connectivity index (χ1n) is 9.90. The van der Waals surface area contributed by atoms with Crippen molar-refractivity contribution in [1.82, 2.24) is 15.0 Å². The number of carbonyl (C=O) groups is 1. The van der Waals surface area contributed by atoms with E-state index in [9.17, 15) is 4.79 Å². The number of aromatic nitrogens is 2. The van der Waals surface area contributed by atoms with Gasteiger partial charge in [0.2, 0.25) is 11.7 Å². The zero-order chi connectivity index (χ0) is 21.8. The summed E-state index contributed by atoms with van der Waals surface area (Å²) < 4.78 is 21.3. The number of carbonyl (C=O) groups excluding carboxylic acids is 1. The van der Waals surface area contributed by atoms with Gasteiger partial charge in [0.15, 0.2) is 11.5 Å². The lowest BCUT2D eigenvalue weighted by Gasteiger charge is -2.22. The molecule has 1 aliphatic rings. The quantitative estimate of drug-likeness (QED) is 0.635.